The summed E-state index contributed by atoms with van der Waals surface area (Å²) >= 11 is 0. The summed E-state index contributed by atoms with van der Waals surface area (Å²) in [5, 5.41) is 16.3. The van der Waals surface area contributed by atoms with E-state index in [2.05, 4.69) is 10.4 Å². The smallest absolute Gasteiger partial charge is 0.304 e. The molecule has 5 nitrogen and oxygen atoms in total. The van der Waals surface area contributed by atoms with Crippen LogP contribution in [-0.2, 0) is 11.3 Å². The molecule has 2 rings (SSSR count). The second kappa shape index (κ2) is 6.34. The summed E-state index contributed by atoms with van der Waals surface area (Å²) in [7, 11) is 0. The van der Waals surface area contributed by atoms with Crippen LogP contribution in [0, 0.1) is 13.8 Å². The molecule has 0 unspecified atom stereocenters. The van der Waals surface area contributed by atoms with Gasteiger partial charge in [0.2, 0.25) is 0 Å². The van der Waals surface area contributed by atoms with Crippen molar-refractivity contribution in [2.24, 2.45) is 0 Å². The number of carboxylic acid groups (broad SMARTS) is 1. The summed E-state index contributed by atoms with van der Waals surface area (Å²) in [6, 6.07) is 9.97. The van der Waals surface area contributed by atoms with E-state index in [1.165, 1.54) is 0 Å². The third-order valence-corrected chi connectivity index (χ3v) is 3.26. The molecule has 0 atom stereocenters. The number of aromatic nitrogens is 2. The Labute approximate surface area is 118 Å². The zero-order valence-corrected chi connectivity index (χ0v) is 11.8. The largest absolute Gasteiger partial charge is 0.481 e. The molecule has 0 radical (unpaired) electrons. The first-order chi connectivity index (χ1) is 9.59. The van der Waals surface area contributed by atoms with E-state index in [1.54, 1.807) is 0 Å². The van der Waals surface area contributed by atoms with Crippen LogP contribution in [0.1, 0.15) is 23.4 Å². The number of hydrogen-bond donors (Lipinski definition) is 2. The molecule has 1 aromatic heterocycles. The summed E-state index contributed by atoms with van der Waals surface area (Å²) in [4.78, 5) is 10.5. The standard InChI is InChI=1S/C15H19N3O2/c1-11-14(10-16-9-8-15(19)20)12(2)18(17-11)13-6-4-3-5-7-13/h3-7,16H,8-10H2,1-2H3,(H,19,20). The van der Waals surface area contributed by atoms with E-state index in [4.69, 9.17) is 5.11 Å². The maximum atomic E-state index is 10.5. The Morgan fingerprint density at radius 3 is 2.65 bits per heavy atom. The Hall–Kier alpha value is -2.14. The average Bonchev–Trinajstić information content (AvgIpc) is 2.71. The number of hydrogen-bond acceptors (Lipinski definition) is 3. The van der Waals surface area contributed by atoms with Crippen LogP contribution in [0.15, 0.2) is 30.3 Å². The Kier molecular flexibility index (Phi) is 4.53. The Balaban J connectivity index is 2.11. The van der Waals surface area contributed by atoms with E-state index in [-0.39, 0.29) is 6.42 Å². The predicted octanol–water partition coefficient (Wildman–Crippen LogP) is 2.05. The molecule has 0 bridgehead atoms. The normalized spacial score (nSPS) is 10.7. The molecule has 106 valence electrons. The van der Waals surface area contributed by atoms with E-state index in [0.29, 0.717) is 13.1 Å². The highest BCUT2D eigenvalue weighted by molar-refractivity contribution is 5.66. The zero-order chi connectivity index (χ0) is 14.5. The van der Waals surface area contributed by atoms with Crippen molar-refractivity contribution in [3.05, 3.63) is 47.3 Å². The minimum Gasteiger partial charge on any atom is -0.481 e. The molecule has 2 N–H and O–H groups in total. The van der Waals surface area contributed by atoms with E-state index in [1.807, 2.05) is 48.9 Å². The number of para-hydroxylation sites is 1. The number of nitrogens with one attached hydrogen (secondary N) is 1. The van der Waals surface area contributed by atoms with E-state index < -0.39 is 5.97 Å². The topological polar surface area (TPSA) is 67.2 Å². The van der Waals surface area contributed by atoms with Gasteiger partial charge in [0.05, 0.1) is 17.8 Å². The van der Waals surface area contributed by atoms with Crippen molar-refractivity contribution >= 4 is 5.97 Å². The van der Waals surface area contributed by atoms with Crippen molar-refractivity contribution in [2.75, 3.05) is 6.54 Å². The number of aryl methyl sites for hydroxylation is 1. The quantitative estimate of drug-likeness (QED) is 0.791. The number of carbonyl (C=O) groups is 1. The van der Waals surface area contributed by atoms with Gasteiger partial charge in [-0.2, -0.15) is 5.10 Å². The summed E-state index contributed by atoms with van der Waals surface area (Å²) < 4.78 is 1.92. The number of rotatable bonds is 6. The summed E-state index contributed by atoms with van der Waals surface area (Å²) in [5.74, 6) is -0.786. The maximum Gasteiger partial charge on any atom is 0.304 e. The maximum absolute atomic E-state index is 10.5. The van der Waals surface area contributed by atoms with Crippen LogP contribution in [0.5, 0.6) is 0 Å². The molecular weight excluding hydrogens is 254 g/mol. The Bertz CT molecular complexity index is 591. The van der Waals surface area contributed by atoms with Gasteiger partial charge in [-0.3, -0.25) is 4.79 Å². The second-order valence-corrected chi connectivity index (χ2v) is 4.72. The fourth-order valence-electron chi connectivity index (χ4n) is 2.16. The van der Waals surface area contributed by atoms with Gasteiger partial charge >= 0.3 is 5.97 Å². The van der Waals surface area contributed by atoms with Crippen LogP contribution in [-0.4, -0.2) is 27.4 Å². The molecule has 5 heteroatoms. The minimum atomic E-state index is -0.786. The highest BCUT2D eigenvalue weighted by Crippen LogP contribution is 2.17. The molecule has 0 saturated carbocycles. The molecule has 0 spiro atoms. The monoisotopic (exact) mass is 273 g/mol. The van der Waals surface area contributed by atoms with Gasteiger partial charge in [0.25, 0.3) is 0 Å². The molecular formula is C15H19N3O2. The van der Waals surface area contributed by atoms with Gasteiger partial charge in [0.15, 0.2) is 0 Å². The number of aliphatic carboxylic acids is 1. The van der Waals surface area contributed by atoms with Crippen LogP contribution in [0.25, 0.3) is 5.69 Å². The Morgan fingerprint density at radius 2 is 2.00 bits per heavy atom. The molecule has 0 aliphatic heterocycles. The molecule has 1 heterocycles. The molecule has 0 fully saturated rings. The number of carboxylic acids is 1. The van der Waals surface area contributed by atoms with Crippen LogP contribution in [0.2, 0.25) is 0 Å². The number of nitrogens with zero attached hydrogens (tertiary/aromatic N) is 2. The van der Waals surface area contributed by atoms with Gasteiger partial charge in [0.1, 0.15) is 0 Å². The predicted molar refractivity (Wildman–Crippen MR) is 77.0 cm³/mol. The van der Waals surface area contributed by atoms with E-state index >= 15 is 0 Å². The van der Waals surface area contributed by atoms with Gasteiger partial charge in [-0.1, -0.05) is 18.2 Å². The average molecular weight is 273 g/mol. The molecule has 20 heavy (non-hydrogen) atoms. The Morgan fingerprint density at radius 1 is 1.30 bits per heavy atom. The fourth-order valence-corrected chi connectivity index (χ4v) is 2.16. The van der Waals surface area contributed by atoms with Crippen molar-refractivity contribution in [3.8, 4) is 5.69 Å². The van der Waals surface area contributed by atoms with Crippen LogP contribution in [0.3, 0.4) is 0 Å². The van der Waals surface area contributed by atoms with Gasteiger partial charge in [-0.15, -0.1) is 0 Å². The zero-order valence-electron chi connectivity index (χ0n) is 11.8. The molecule has 0 amide bonds. The van der Waals surface area contributed by atoms with Gasteiger partial charge in [-0.25, -0.2) is 4.68 Å². The second-order valence-electron chi connectivity index (χ2n) is 4.72. The summed E-state index contributed by atoms with van der Waals surface area (Å²) in [5.41, 5.74) is 4.20. The molecule has 0 saturated heterocycles. The minimum absolute atomic E-state index is 0.130. The van der Waals surface area contributed by atoms with Crippen molar-refractivity contribution in [1.82, 2.24) is 15.1 Å². The van der Waals surface area contributed by atoms with Crippen molar-refractivity contribution in [3.63, 3.8) is 0 Å². The first-order valence-corrected chi connectivity index (χ1v) is 6.62. The first kappa shape index (κ1) is 14.3. The van der Waals surface area contributed by atoms with Gasteiger partial charge < -0.3 is 10.4 Å². The van der Waals surface area contributed by atoms with Gasteiger partial charge in [0, 0.05) is 24.3 Å². The van der Waals surface area contributed by atoms with Crippen molar-refractivity contribution in [2.45, 2.75) is 26.8 Å². The third kappa shape index (κ3) is 3.24. The molecule has 2 aromatic rings. The first-order valence-electron chi connectivity index (χ1n) is 6.62. The highest BCUT2D eigenvalue weighted by atomic mass is 16.4. The van der Waals surface area contributed by atoms with Crippen LogP contribution in [0.4, 0.5) is 0 Å². The van der Waals surface area contributed by atoms with E-state index in [9.17, 15) is 4.79 Å². The third-order valence-electron chi connectivity index (χ3n) is 3.26. The summed E-state index contributed by atoms with van der Waals surface area (Å²) in [6.07, 6.45) is 0.130. The lowest BCUT2D eigenvalue weighted by atomic mass is 10.2. The molecule has 0 aliphatic rings. The lowest BCUT2D eigenvalue weighted by Gasteiger charge is -2.06. The summed E-state index contributed by atoms with van der Waals surface area (Å²) in [6.45, 7) is 5.10. The molecule has 1 aromatic carbocycles. The van der Waals surface area contributed by atoms with E-state index in [0.717, 1.165) is 22.6 Å². The SMILES string of the molecule is Cc1nn(-c2ccccc2)c(C)c1CNCCC(=O)O. The van der Waals surface area contributed by atoms with Crippen molar-refractivity contribution < 1.29 is 9.90 Å². The highest BCUT2D eigenvalue weighted by Gasteiger charge is 2.12. The van der Waals surface area contributed by atoms with Crippen LogP contribution >= 0.6 is 0 Å². The van der Waals surface area contributed by atoms with Crippen LogP contribution < -0.4 is 5.32 Å². The lowest BCUT2D eigenvalue weighted by Crippen LogP contribution is -2.18. The van der Waals surface area contributed by atoms with Gasteiger partial charge in [-0.05, 0) is 26.0 Å². The molecule has 0 aliphatic carbocycles. The lowest BCUT2D eigenvalue weighted by molar-refractivity contribution is -0.136. The fraction of sp³-hybridized carbons (Fsp3) is 0.333. The number of benzene rings is 1. The van der Waals surface area contributed by atoms with Crippen molar-refractivity contribution in [1.29, 1.82) is 0 Å².